The molecule has 4 nitrogen and oxygen atoms in total. The zero-order chi connectivity index (χ0) is 14.4. The molecule has 0 radical (unpaired) electrons. The molecule has 1 fully saturated rings. The van der Waals surface area contributed by atoms with Crippen LogP contribution in [0.5, 0.6) is 0 Å². The molecule has 0 unspecified atom stereocenters. The summed E-state index contributed by atoms with van der Waals surface area (Å²) in [7, 11) is -3.39. The molecule has 0 bridgehead atoms. The van der Waals surface area contributed by atoms with Crippen LogP contribution in [0.15, 0.2) is 23.1 Å². The van der Waals surface area contributed by atoms with Crippen molar-refractivity contribution in [2.24, 2.45) is 0 Å². The van der Waals surface area contributed by atoms with Crippen LogP contribution in [0.4, 0.5) is 5.69 Å². The Labute approximate surface area is 121 Å². The van der Waals surface area contributed by atoms with Crippen molar-refractivity contribution in [3.05, 3.63) is 23.8 Å². The van der Waals surface area contributed by atoms with Crippen molar-refractivity contribution < 1.29 is 8.42 Å². The lowest BCUT2D eigenvalue weighted by molar-refractivity contribution is 0.291. The molecule has 0 atom stereocenters. The van der Waals surface area contributed by atoms with E-state index < -0.39 is 10.0 Å². The van der Waals surface area contributed by atoms with Crippen molar-refractivity contribution in [3.8, 4) is 0 Å². The summed E-state index contributed by atoms with van der Waals surface area (Å²) in [6.07, 6.45) is 4.00. The maximum atomic E-state index is 12.8. The molecule has 2 heterocycles. The van der Waals surface area contributed by atoms with Crippen molar-refractivity contribution in [2.75, 3.05) is 18.4 Å². The second-order valence-electron chi connectivity index (χ2n) is 6.34. The smallest absolute Gasteiger partial charge is 0.243 e. The standard InChI is InChI=1S/C15H22N2O2S/c1-15(2)8-4-10-17(15)20(18,19)13-7-6-12-5-3-9-16-14(12)11-13/h6-7,11,16H,3-5,8-10H2,1-2H3. The minimum absolute atomic E-state index is 0.276. The fourth-order valence-corrected chi connectivity index (χ4v) is 5.13. The van der Waals surface area contributed by atoms with Crippen LogP contribution in [0.3, 0.4) is 0 Å². The van der Waals surface area contributed by atoms with Gasteiger partial charge in [-0.25, -0.2) is 8.42 Å². The molecule has 0 aromatic heterocycles. The van der Waals surface area contributed by atoms with Gasteiger partial charge in [0.1, 0.15) is 0 Å². The molecule has 0 amide bonds. The molecule has 2 aliphatic heterocycles. The molecule has 2 aliphatic rings. The van der Waals surface area contributed by atoms with Gasteiger partial charge in [0.25, 0.3) is 0 Å². The van der Waals surface area contributed by atoms with Crippen LogP contribution in [0.25, 0.3) is 0 Å². The summed E-state index contributed by atoms with van der Waals surface area (Å²) in [5.74, 6) is 0. The van der Waals surface area contributed by atoms with E-state index in [1.165, 1.54) is 5.56 Å². The van der Waals surface area contributed by atoms with Gasteiger partial charge in [-0.1, -0.05) is 6.07 Å². The first-order valence-corrected chi connectivity index (χ1v) is 8.75. The predicted octanol–water partition coefficient (Wildman–Crippen LogP) is 2.61. The van der Waals surface area contributed by atoms with Crippen LogP contribution in [0.1, 0.15) is 38.7 Å². The first kappa shape index (κ1) is 13.9. The second kappa shape index (κ2) is 4.74. The zero-order valence-corrected chi connectivity index (χ0v) is 13.0. The lowest BCUT2D eigenvalue weighted by atomic mass is 10.0. The van der Waals surface area contributed by atoms with Crippen LogP contribution >= 0.6 is 0 Å². The number of fused-ring (bicyclic) bond motifs is 1. The third kappa shape index (κ3) is 2.23. The molecule has 0 aliphatic carbocycles. The van der Waals surface area contributed by atoms with E-state index in [4.69, 9.17) is 0 Å². The zero-order valence-electron chi connectivity index (χ0n) is 12.1. The SMILES string of the molecule is CC1(C)CCCN1S(=O)(=O)c1ccc2c(c1)NCCC2. The van der Waals surface area contributed by atoms with Crippen molar-refractivity contribution in [2.45, 2.75) is 50.0 Å². The maximum absolute atomic E-state index is 12.8. The van der Waals surface area contributed by atoms with Crippen LogP contribution in [-0.2, 0) is 16.4 Å². The van der Waals surface area contributed by atoms with Crippen molar-refractivity contribution in [1.29, 1.82) is 0 Å². The quantitative estimate of drug-likeness (QED) is 0.912. The Morgan fingerprint density at radius 3 is 2.75 bits per heavy atom. The van der Waals surface area contributed by atoms with Gasteiger partial charge in [0.05, 0.1) is 4.90 Å². The molecule has 1 saturated heterocycles. The van der Waals surface area contributed by atoms with E-state index in [1.54, 1.807) is 16.4 Å². The summed E-state index contributed by atoms with van der Waals surface area (Å²) in [5.41, 5.74) is 1.92. The maximum Gasteiger partial charge on any atom is 0.243 e. The number of anilines is 1. The van der Waals surface area contributed by atoms with Gasteiger partial charge in [0.2, 0.25) is 10.0 Å². The highest BCUT2D eigenvalue weighted by Crippen LogP contribution is 2.35. The highest BCUT2D eigenvalue weighted by Gasteiger charge is 2.40. The summed E-state index contributed by atoms with van der Waals surface area (Å²) >= 11 is 0. The highest BCUT2D eigenvalue weighted by atomic mass is 32.2. The van der Waals surface area contributed by atoms with Crippen LogP contribution in [0.2, 0.25) is 0 Å². The number of nitrogens with zero attached hydrogens (tertiary/aromatic N) is 1. The average molecular weight is 294 g/mol. The third-order valence-electron chi connectivity index (χ3n) is 4.43. The normalized spacial score (nSPS) is 22.3. The summed E-state index contributed by atoms with van der Waals surface area (Å²) < 4.78 is 27.3. The van der Waals surface area contributed by atoms with E-state index in [-0.39, 0.29) is 5.54 Å². The average Bonchev–Trinajstić information content (AvgIpc) is 2.78. The molecule has 1 aromatic rings. The molecule has 0 saturated carbocycles. The van der Waals surface area contributed by atoms with Crippen molar-refractivity contribution in [1.82, 2.24) is 4.31 Å². The van der Waals surface area contributed by atoms with E-state index in [1.807, 2.05) is 19.9 Å². The van der Waals surface area contributed by atoms with Crippen LogP contribution in [0, 0.1) is 0 Å². The van der Waals surface area contributed by atoms with E-state index in [0.29, 0.717) is 11.4 Å². The lowest BCUT2D eigenvalue weighted by Crippen LogP contribution is -2.42. The topological polar surface area (TPSA) is 49.4 Å². The molecular formula is C15H22N2O2S. The second-order valence-corrected chi connectivity index (χ2v) is 8.20. The number of hydrogen-bond donors (Lipinski definition) is 1. The van der Waals surface area contributed by atoms with Gasteiger partial charge in [-0.2, -0.15) is 4.31 Å². The van der Waals surface area contributed by atoms with E-state index in [0.717, 1.165) is 37.9 Å². The fraction of sp³-hybridized carbons (Fsp3) is 0.600. The number of benzene rings is 1. The highest BCUT2D eigenvalue weighted by molar-refractivity contribution is 7.89. The van der Waals surface area contributed by atoms with Crippen LogP contribution in [-0.4, -0.2) is 31.4 Å². The van der Waals surface area contributed by atoms with Crippen molar-refractivity contribution >= 4 is 15.7 Å². The Kier molecular flexibility index (Phi) is 3.29. The van der Waals surface area contributed by atoms with Gasteiger partial charge >= 0.3 is 0 Å². The van der Waals surface area contributed by atoms with E-state index in [2.05, 4.69) is 5.32 Å². The van der Waals surface area contributed by atoms with Gasteiger partial charge in [-0.05, 0) is 57.2 Å². The molecule has 3 rings (SSSR count). The number of aryl methyl sites for hydroxylation is 1. The number of rotatable bonds is 2. The first-order valence-electron chi connectivity index (χ1n) is 7.31. The van der Waals surface area contributed by atoms with Crippen molar-refractivity contribution in [3.63, 3.8) is 0 Å². The van der Waals surface area contributed by atoms with Gasteiger partial charge < -0.3 is 5.32 Å². The number of sulfonamides is 1. The molecular weight excluding hydrogens is 272 g/mol. The van der Waals surface area contributed by atoms with Gasteiger partial charge in [-0.3, -0.25) is 0 Å². The third-order valence-corrected chi connectivity index (χ3v) is 6.54. The largest absolute Gasteiger partial charge is 0.385 e. The summed E-state index contributed by atoms with van der Waals surface area (Å²) in [6, 6.07) is 5.52. The predicted molar refractivity (Wildman–Crippen MR) is 80.5 cm³/mol. The number of nitrogens with one attached hydrogen (secondary N) is 1. The molecule has 1 aromatic carbocycles. The molecule has 5 heteroatoms. The summed E-state index contributed by atoms with van der Waals surface area (Å²) in [4.78, 5) is 0.417. The Balaban J connectivity index is 1.99. The van der Waals surface area contributed by atoms with E-state index >= 15 is 0 Å². The molecule has 1 N–H and O–H groups in total. The molecule has 110 valence electrons. The Morgan fingerprint density at radius 1 is 1.25 bits per heavy atom. The molecule has 20 heavy (non-hydrogen) atoms. The number of hydrogen-bond acceptors (Lipinski definition) is 3. The Hall–Kier alpha value is -1.07. The monoisotopic (exact) mass is 294 g/mol. The summed E-state index contributed by atoms with van der Waals surface area (Å²) in [6.45, 7) is 5.56. The Bertz CT molecular complexity index is 623. The first-order chi connectivity index (χ1) is 9.41. The van der Waals surface area contributed by atoms with E-state index in [9.17, 15) is 8.42 Å². The fourth-order valence-electron chi connectivity index (χ4n) is 3.26. The van der Waals surface area contributed by atoms with Gasteiger partial charge in [0.15, 0.2) is 0 Å². The molecule has 0 spiro atoms. The van der Waals surface area contributed by atoms with Gasteiger partial charge in [0, 0.05) is 24.3 Å². The lowest BCUT2D eigenvalue weighted by Gasteiger charge is -2.31. The van der Waals surface area contributed by atoms with Gasteiger partial charge in [-0.15, -0.1) is 0 Å². The Morgan fingerprint density at radius 2 is 2.05 bits per heavy atom. The minimum Gasteiger partial charge on any atom is -0.385 e. The minimum atomic E-state index is -3.39. The van der Waals surface area contributed by atoms with Crippen LogP contribution < -0.4 is 5.32 Å². The summed E-state index contributed by atoms with van der Waals surface area (Å²) in [5, 5.41) is 3.30.